The number of hydrogen-bond acceptors (Lipinski definition) is 5. The molecule has 1 aliphatic rings. The molecule has 0 bridgehead atoms. The van der Waals surface area contributed by atoms with E-state index < -0.39 is 11.7 Å². The standard InChI is InChI=1S/C23H27N3O5/c1-23(2,3)31-22(29)25-16-9-7-15(8-10-16)21(28)24-17-11-12-18(19(14-17)30-4)26-13-5-6-20(26)27/h7-12,14H,5-6,13H2,1-4H3,(H,24,28)(H,25,29). The Kier molecular flexibility index (Phi) is 6.48. The second-order valence-corrected chi connectivity index (χ2v) is 8.19. The Bertz CT molecular complexity index is 980. The van der Waals surface area contributed by atoms with E-state index in [1.54, 1.807) is 68.1 Å². The summed E-state index contributed by atoms with van der Waals surface area (Å²) in [7, 11) is 1.53. The first-order valence-electron chi connectivity index (χ1n) is 10.1. The van der Waals surface area contributed by atoms with E-state index in [4.69, 9.17) is 9.47 Å². The van der Waals surface area contributed by atoms with Crippen LogP contribution in [0.5, 0.6) is 5.75 Å². The van der Waals surface area contributed by atoms with Crippen molar-refractivity contribution in [1.82, 2.24) is 0 Å². The maximum absolute atomic E-state index is 12.6. The van der Waals surface area contributed by atoms with E-state index in [1.807, 2.05) is 0 Å². The van der Waals surface area contributed by atoms with Gasteiger partial charge in [0, 0.05) is 36.0 Å². The van der Waals surface area contributed by atoms with Crippen LogP contribution >= 0.6 is 0 Å². The molecule has 1 aliphatic heterocycles. The zero-order valence-electron chi connectivity index (χ0n) is 18.2. The van der Waals surface area contributed by atoms with Crippen molar-refractivity contribution in [2.24, 2.45) is 0 Å². The van der Waals surface area contributed by atoms with Gasteiger partial charge in [-0.15, -0.1) is 0 Å². The highest BCUT2D eigenvalue weighted by molar-refractivity contribution is 6.05. The molecular formula is C23H27N3O5. The van der Waals surface area contributed by atoms with Crippen molar-refractivity contribution in [2.75, 3.05) is 29.2 Å². The molecule has 2 aromatic rings. The summed E-state index contributed by atoms with van der Waals surface area (Å²) in [5.41, 5.74) is 1.59. The summed E-state index contributed by atoms with van der Waals surface area (Å²) < 4.78 is 10.6. The van der Waals surface area contributed by atoms with Gasteiger partial charge in [-0.05, 0) is 63.6 Å². The lowest BCUT2D eigenvalue weighted by Crippen LogP contribution is -2.27. The minimum Gasteiger partial charge on any atom is -0.494 e. The molecule has 1 fully saturated rings. The Balaban J connectivity index is 1.66. The van der Waals surface area contributed by atoms with Gasteiger partial charge in [-0.3, -0.25) is 14.9 Å². The van der Waals surface area contributed by atoms with Gasteiger partial charge in [0.2, 0.25) is 5.91 Å². The molecule has 3 rings (SSSR count). The summed E-state index contributed by atoms with van der Waals surface area (Å²) in [6.45, 7) is 6.00. The molecule has 1 saturated heterocycles. The lowest BCUT2D eigenvalue weighted by atomic mass is 10.1. The van der Waals surface area contributed by atoms with Gasteiger partial charge in [0.1, 0.15) is 11.4 Å². The molecular weight excluding hydrogens is 398 g/mol. The number of benzene rings is 2. The topological polar surface area (TPSA) is 97.0 Å². The molecule has 164 valence electrons. The van der Waals surface area contributed by atoms with Gasteiger partial charge in [-0.2, -0.15) is 0 Å². The number of rotatable bonds is 5. The maximum Gasteiger partial charge on any atom is 0.412 e. The van der Waals surface area contributed by atoms with Gasteiger partial charge in [-0.25, -0.2) is 4.79 Å². The molecule has 0 atom stereocenters. The second-order valence-electron chi connectivity index (χ2n) is 8.19. The first-order valence-corrected chi connectivity index (χ1v) is 10.1. The van der Waals surface area contributed by atoms with Gasteiger partial charge >= 0.3 is 6.09 Å². The molecule has 8 nitrogen and oxygen atoms in total. The molecule has 2 aromatic carbocycles. The van der Waals surface area contributed by atoms with Crippen LogP contribution in [0.1, 0.15) is 44.0 Å². The minimum absolute atomic E-state index is 0.0650. The molecule has 0 unspecified atom stereocenters. The molecule has 0 radical (unpaired) electrons. The normalized spacial score (nSPS) is 13.7. The van der Waals surface area contributed by atoms with Crippen molar-refractivity contribution in [3.63, 3.8) is 0 Å². The van der Waals surface area contributed by atoms with Crippen molar-refractivity contribution in [1.29, 1.82) is 0 Å². The zero-order chi connectivity index (χ0) is 22.6. The molecule has 0 saturated carbocycles. The summed E-state index contributed by atoms with van der Waals surface area (Å²) in [5, 5.41) is 5.44. The quantitative estimate of drug-likeness (QED) is 0.739. The highest BCUT2D eigenvalue weighted by Crippen LogP contribution is 2.34. The Morgan fingerprint density at radius 3 is 2.26 bits per heavy atom. The highest BCUT2D eigenvalue weighted by Gasteiger charge is 2.24. The van der Waals surface area contributed by atoms with E-state index >= 15 is 0 Å². The molecule has 2 N–H and O–H groups in total. The van der Waals surface area contributed by atoms with E-state index in [1.165, 1.54) is 7.11 Å². The molecule has 3 amide bonds. The zero-order valence-corrected chi connectivity index (χ0v) is 18.2. The molecule has 0 aliphatic carbocycles. The molecule has 0 aromatic heterocycles. The van der Waals surface area contributed by atoms with Crippen LogP contribution in [0.15, 0.2) is 42.5 Å². The highest BCUT2D eigenvalue weighted by atomic mass is 16.6. The van der Waals surface area contributed by atoms with E-state index in [0.717, 1.165) is 6.42 Å². The number of anilines is 3. The average molecular weight is 425 g/mol. The van der Waals surface area contributed by atoms with Crippen molar-refractivity contribution >= 4 is 35.0 Å². The Hall–Kier alpha value is -3.55. The van der Waals surface area contributed by atoms with Crippen LogP contribution in [0.2, 0.25) is 0 Å². The Morgan fingerprint density at radius 2 is 1.68 bits per heavy atom. The van der Waals surface area contributed by atoms with E-state index in [0.29, 0.717) is 41.3 Å². The van der Waals surface area contributed by atoms with Crippen LogP contribution in [0.25, 0.3) is 0 Å². The van der Waals surface area contributed by atoms with Crippen molar-refractivity contribution in [2.45, 2.75) is 39.2 Å². The Morgan fingerprint density at radius 1 is 1.00 bits per heavy atom. The number of carbonyl (C=O) groups excluding carboxylic acids is 3. The number of nitrogens with one attached hydrogen (secondary N) is 2. The largest absolute Gasteiger partial charge is 0.494 e. The van der Waals surface area contributed by atoms with E-state index in [-0.39, 0.29) is 11.8 Å². The third kappa shape index (κ3) is 5.75. The second kappa shape index (κ2) is 9.07. The van der Waals surface area contributed by atoms with Gasteiger partial charge in [0.05, 0.1) is 12.8 Å². The maximum atomic E-state index is 12.6. The Labute approximate surface area is 181 Å². The van der Waals surface area contributed by atoms with Gasteiger partial charge in [0.25, 0.3) is 5.91 Å². The molecule has 0 spiro atoms. The van der Waals surface area contributed by atoms with Crippen molar-refractivity contribution < 1.29 is 23.9 Å². The lowest BCUT2D eigenvalue weighted by molar-refractivity contribution is -0.117. The number of carbonyl (C=O) groups is 3. The van der Waals surface area contributed by atoms with Gasteiger partial charge < -0.3 is 19.7 Å². The minimum atomic E-state index is -0.595. The van der Waals surface area contributed by atoms with Crippen LogP contribution in [-0.4, -0.2) is 37.2 Å². The fourth-order valence-electron chi connectivity index (χ4n) is 3.21. The first-order chi connectivity index (χ1) is 14.7. The summed E-state index contributed by atoms with van der Waals surface area (Å²) in [6.07, 6.45) is 0.785. The first kappa shape index (κ1) is 22.1. The predicted molar refractivity (Wildman–Crippen MR) is 119 cm³/mol. The average Bonchev–Trinajstić information content (AvgIpc) is 3.12. The number of ether oxygens (including phenoxy) is 2. The smallest absolute Gasteiger partial charge is 0.412 e. The fraction of sp³-hybridized carbons (Fsp3) is 0.348. The number of methoxy groups -OCH3 is 1. The third-order valence-electron chi connectivity index (χ3n) is 4.59. The monoisotopic (exact) mass is 425 g/mol. The van der Waals surface area contributed by atoms with E-state index in [2.05, 4.69) is 10.6 Å². The van der Waals surface area contributed by atoms with Crippen LogP contribution in [0.3, 0.4) is 0 Å². The van der Waals surface area contributed by atoms with Crippen molar-refractivity contribution in [3.8, 4) is 5.75 Å². The van der Waals surface area contributed by atoms with Crippen LogP contribution in [0.4, 0.5) is 21.9 Å². The molecule has 8 heteroatoms. The van der Waals surface area contributed by atoms with E-state index in [9.17, 15) is 14.4 Å². The SMILES string of the molecule is COc1cc(NC(=O)c2ccc(NC(=O)OC(C)(C)C)cc2)ccc1N1CCCC1=O. The fourth-order valence-corrected chi connectivity index (χ4v) is 3.21. The van der Waals surface area contributed by atoms with Gasteiger partial charge in [0.15, 0.2) is 0 Å². The lowest BCUT2D eigenvalue weighted by Gasteiger charge is -2.20. The van der Waals surface area contributed by atoms with Crippen LogP contribution in [0, 0.1) is 0 Å². The number of nitrogens with zero attached hydrogens (tertiary/aromatic N) is 1. The molecule has 1 heterocycles. The van der Waals surface area contributed by atoms with Crippen LogP contribution < -0.4 is 20.3 Å². The summed E-state index contributed by atoms with van der Waals surface area (Å²) in [5.74, 6) is 0.274. The summed E-state index contributed by atoms with van der Waals surface area (Å²) in [4.78, 5) is 38.2. The summed E-state index contributed by atoms with van der Waals surface area (Å²) in [6, 6.07) is 11.7. The number of hydrogen-bond donors (Lipinski definition) is 2. The molecule has 31 heavy (non-hydrogen) atoms. The number of amides is 3. The van der Waals surface area contributed by atoms with Gasteiger partial charge in [-0.1, -0.05) is 0 Å². The summed E-state index contributed by atoms with van der Waals surface area (Å²) >= 11 is 0. The van der Waals surface area contributed by atoms with Crippen LogP contribution in [-0.2, 0) is 9.53 Å². The van der Waals surface area contributed by atoms with Crippen molar-refractivity contribution in [3.05, 3.63) is 48.0 Å². The predicted octanol–water partition coefficient (Wildman–Crippen LogP) is 4.42. The third-order valence-corrected chi connectivity index (χ3v) is 4.59.